The summed E-state index contributed by atoms with van der Waals surface area (Å²) in [7, 11) is 0. The highest BCUT2D eigenvalue weighted by Crippen LogP contribution is 2.34. The number of benzene rings is 1. The van der Waals surface area contributed by atoms with E-state index in [9.17, 15) is 14.4 Å². The molecule has 0 aliphatic heterocycles. The standard InChI is InChI=1S/C21H22N4O3S2/c1-12(26)22-13-4-2-5-14(10-13)23-18(27)8-9-29-11-17-24-20(28)19-15-6-3-7-16(15)30-21(19)25-17/h2,4-5,10H,3,6-9,11H2,1H3,(H,22,26)(H,23,27)(H,24,25,28). The van der Waals surface area contributed by atoms with Gasteiger partial charge in [0.15, 0.2) is 0 Å². The Kier molecular flexibility index (Phi) is 6.19. The Morgan fingerprint density at radius 3 is 2.83 bits per heavy atom. The van der Waals surface area contributed by atoms with Gasteiger partial charge >= 0.3 is 0 Å². The minimum absolute atomic E-state index is 0.0493. The Bertz CT molecular complexity index is 1170. The first-order chi connectivity index (χ1) is 14.5. The second kappa shape index (κ2) is 9.01. The summed E-state index contributed by atoms with van der Waals surface area (Å²) in [5.41, 5.74) is 2.41. The summed E-state index contributed by atoms with van der Waals surface area (Å²) < 4.78 is 0. The van der Waals surface area contributed by atoms with Crippen molar-refractivity contribution in [2.75, 3.05) is 16.4 Å². The number of nitrogens with one attached hydrogen (secondary N) is 3. The van der Waals surface area contributed by atoms with Crippen LogP contribution in [-0.2, 0) is 28.2 Å². The first-order valence-corrected chi connectivity index (χ1v) is 11.8. The third-order valence-corrected chi connectivity index (χ3v) is 6.96. The fraction of sp³-hybridized carbons (Fsp3) is 0.333. The van der Waals surface area contributed by atoms with Crippen molar-refractivity contribution in [3.05, 3.63) is 50.9 Å². The van der Waals surface area contributed by atoms with Crippen LogP contribution >= 0.6 is 23.1 Å². The molecule has 9 heteroatoms. The molecule has 0 unspecified atom stereocenters. The van der Waals surface area contributed by atoms with Gasteiger partial charge in [-0.15, -0.1) is 11.3 Å². The van der Waals surface area contributed by atoms with Crippen molar-refractivity contribution in [1.29, 1.82) is 0 Å². The summed E-state index contributed by atoms with van der Waals surface area (Å²) in [4.78, 5) is 45.4. The molecule has 0 bridgehead atoms. The fourth-order valence-corrected chi connectivity index (χ4v) is 5.64. The van der Waals surface area contributed by atoms with Crippen LogP contribution in [0.3, 0.4) is 0 Å². The minimum atomic E-state index is -0.160. The Labute approximate surface area is 181 Å². The third-order valence-electron chi connectivity index (χ3n) is 4.80. The summed E-state index contributed by atoms with van der Waals surface area (Å²) in [6.07, 6.45) is 3.47. The Morgan fingerprint density at radius 1 is 1.23 bits per heavy atom. The summed E-state index contributed by atoms with van der Waals surface area (Å²) in [6.45, 7) is 1.44. The number of anilines is 2. The molecular weight excluding hydrogens is 420 g/mol. The average molecular weight is 443 g/mol. The molecule has 2 aromatic heterocycles. The molecule has 0 saturated carbocycles. The van der Waals surface area contributed by atoms with Crippen LogP contribution in [-0.4, -0.2) is 27.5 Å². The summed E-state index contributed by atoms with van der Waals surface area (Å²) in [5.74, 6) is 1.56. The Balaban J connectivity index is 1.28. The molecule has 2 heterocycles. The third kappa shape index (κ3) is 4.73. The van der Waals surface area contributed by atoms with Crippen molar-refractivity contribution < 1.29 is 9.59 Å². The first kappa shape index (κ1) is 20.6. The van der Waals surface area contributed by atoms with Crippen LogP contribution in [0.15, 0.2) is 29.1 Å². The predicted octanol–water partition coefficient (Wildman–Crippen LogP) is 3.69. The quantitative estimate of drug-likeness (QED) is 0.484. The largest absolute Gasteiger partial charge is 0.326 e. The molecule has 0 fully saturated rings. The number of thiophene rings is 1. The van der Waals surface area contributed by atoms with Gasteiger partial charge in [-0.3, -0.25) is 14.4 Å². The van der Waals surface area contributed by atoms with E-state index >= 15 is 0 Å². The van der Waals surface area contributed by atoms with E-state index in [4.69, 9.17) is 0 Å². The van der Waals surface area contributed by atoms with Crippen molar-refractivity contribution in [3.63, 3.8) is 0 Å². The molecule has 1 aliphatic rings. The zero-order chi connectivity index (χ0) is 21.1. The molecule has 156 valence electrons. The monoisotopic (exact) mass is 442 g/mol. The maximum atomic E-state index is 12.5. The topological polar surface area (TPSA) is 104 Å². The molecule has 4 rings (SSSR count). The molecule has 3 N–H and O–H groups in total. The highest BCUT2D eigenvalue weighted by molar-refractivity contribution is 7.98. The molecule has 1 aromatic carbocycles. The lowest BCUT2D eigenvalue weighted by Gasteiger charge is -2.08. The number of thioether (sulfide) groups is 1. The van der Waals surface area contributed by atoms with Gasteiger partial charge in [0.2, 0.25) is 11.8 Å². The minimum Gasteiger partial charge on any atom is -0.326 e. The van der Waals surface area contributed by atoms with Gasteiger partial charge in [0, 0.05) is 35.3 Å². The molecule has 0 saturated heterocycles. The number of carbonyl (C=O) groups excluding carboxylic acids is 2. The highest BCUT2D eigenvalue weighted by atomic mass is 32.2. The van der Waals surface area contributed by atoms with E-state index in [1.807, 2.05) is 0 Å². The maximum absolute atomic E-state index is 12.5. The fourth-order valence-electron chi connectivity index (χ4n) is 3.55. The van der Waals surface area contributed by atoms with Crippen molar-refractivity contribution in [2.24, 2.45) is 0 Å². The maximum Gasteiger partial charge on any atom is 0.259 e. The molecule has 2 amide bonds. The number of nitrogens with zero attached hydrogens (tertiary/aromatic N) is 1. The van der Waals surface area contributed by atoms with Gasteiger partial charge in [-0.1, -0.05) is 6.07 Å². The Morgan fingerprint density at radius 2 is 2.03 bits per heavy atom. The normalized spacial score (nSPS) is 12.7. The lowest BCUT2D eigenvalue weighted by atomic mass is 10.2. The van der Waals surface area contributed by atoms with Gasteiger partial charge in [0.25, 0.3) is 5.56 Å². The number of fused-ring (bicyclic) bond motifs is 3. The van der Waals surface area contributed by atoms with Crippen LogP contribution in [0.25, 0.3) is 10.2 Å². The zero-order valence-corrected chi connectivity index (χ0v) is 18.2. The van der Waals surface area contributed by atoms with Crippen molar-refractivity contribution >= 4 is 56.5 Å². The molecule has 0 atom stereocenters. The SMILES string of the molecule is CC(=O)Nc1cccc(NC(=O)CCSCc2nc3sc4c(c3c(=O)[nH]2)CCC4)c1. The summed E-state index contributed by atoms with van der Waals surface area (Å²) >= 11 is 3.19. The van der Waals surface area contributed by atoms with Crippen LogP contribution in [0, 0.1) is 0 Å². The predicted molar refractivity (Wildman–Crippen MR) is 122 cm³/mol. The second-order valence-corrected chi connectivity index (χ2v) is 9.35. The average Bonchev–Trinajstić information content (AvgIpc) is 3.25. The number of hydrogen-bond acceptors (Lipinski definition) is 6. The van der Waals surface area contributed by atoms with Crippen LogP contribution in [0.1, 0.15) is 36.0 Å². The lowest BCUT2D eigenvalue weighted by molar-refractivity contribution is -0.116. The molecule has 3 aromatic rings. The van der Waals surface area contributed by atoms with E-state index in [0.29, 0.717) is 35.1 Å². The molecule has 0 spiro atoms. The van der Waals surface area contributed by atoms with Gasteiger partial charge in [-0.25, -0.2) is 4.98 Å². The molecule has 30 heavy (non-hydrogen) atoms. The van der Waals surface area contributed by atoms with Crippen molar-refractivity contribution in [3.8, 4) is 0 Å². The smallest absolute Gasteiger partial charge is 0.259 e. The molecular formula is C21H22N4O3S2. The summed E-state index contributed by atoms with van der Waals surface area (Å²) in [5, 5.41) is 6.29. The van der Waals surface area contributed by atoms with Gasteiger partial charge in [0.05, 0.1) is 11.1 Å². The zero-order valence-electron chi connectivity index (χ0n) is 16.5. The van der Waals surface area contributed by atoms with Gasteiger partial charge in [-0.05, 0) is 43.0 Å². The van der Waals surface area contributed by atoms with Crippen LogP contribution < -0.4 is 16.2 Å². The van der Waals surface area contributed by atoms with Crippen LogP contribution in [0.4, 0.5) is 11.4 Å². The lowest BCUT2D eigenvalue weighted by Crippen LogP contribution is -2.13. The number of hydrogen-bond donors (Lipinski definition) is 3. The van der Waals surface area contributed by atoms with E-state index in [0.717, 1.165) is 29.5 Å². The van der Waals surface area contributed by atoms with Gasteiger partial charge < -0.3 is 15.6 Å². The number of aromatic nitrogens is 2. The van der Waals surface area contributed by atoms with Crippen LogP contribution in [0.5, 0.6) is 0 Å². The van der Waals surface area contributed by atoms with Crippen LogP contribution in [0.2, 0.25) is 0 Å². The van der Waals surface area contributed by atoms with Gasteiger partial charge in [-0.2, -0.15) is 11.8 Å². The first-order valence-electron chi connectivity index (χ1n) is 9.78. The second-order valence-electron chi connectivity index (χ2n) is 7.16. The van der Waals surface area contributed by atoms with Crippen molar-refractivity contribution in [2.45, 2.75) is 38.4 Å². The van der Waals surface area contributed by atoms with E-state index < -0.39 is 0 Å². The number of carbonyl (C=O) groups is 2. The van der Waals surface area contributed by atoms with Crippen molar-refractivity contribution in [1.82, 2.24) is 9.97 Å². The molecule has 1 aliphatic carbocycles. The van der Waals surface area contributed by atoms with E-state index in [1.54, 1.807) is 47.4 Å². The number of amides is 2. The number of H-pyrrole nitrogens is 1. The molecule has 0 radical (unpaired) electrons. The summed E-state index contributed by atoms with van der Waals surface area (Å²) in [6, 6.07) is 7.03. The van der Waals surface area contributed by atoms with E-state index in [-0.39, 0.29) is 17.4 Å². The number of rotatable bonds is 7. The van der Waals surface area contributed by atoms with E-state index in [2.05, 4.69) is 20.6 Å². The number of aryl methyl sites for hydroxylation is 2. The van der Waals surface area contributed by atoms with Gasteiger partial charge in [0.1, 0.15) is 10.7 Å². The Hall–Kier alpha value is -2.65. The molecule has 7 nitrogen and oxygen atoms in total. The number of aromatic amines is 1. The highest BCUT2D eigenvalue weighted by Gasteiger charge is 2.21. The van der Waals surface area contributed by atoms with E-state index in [1.165, 1.54) is 17.4 Å².